The molecule has 0 unspecified atom stereocenters. The molecule has 4 heteroatoms. The minimum Gasteiger partial charge on any atom is -0.455 e. The summed E-state index contributed by atoms with van der Waals surface area (Å²) in [5, 5.41) is 6.00. The molecule has 8 aromatic carbocycles. The van der Waals surface area contributed by atoms with Crippen molar-refractivity contribution in [1.29, 1.82) is 0 Å². The maximum atomic E-state index is 16.0. The van der Waals surface area contributed by atoms with Crippen LogP contribution < -0.4 is 25.4 Å². The molecule has 2 aliphatic rings. The molecule has 10 rings (SSSR count). The highest BCUT2D eigenvalue weighted by Gasteiger charge is 2.47. The summed E-state index contributed by atoms with van der Waals surface area (Å²) in [7, 11) is -3.40. The van der Waals surface area contributed by atoms with Gasteiger partial charge in [-0.1, -0.05) is 121 Å². The van der Waals surface area contributed by atoms with Gasteiger partial charge in [0.1, 0.15) is 28.3 Å². The summed E-state index contributed by atoms with van der Waals surface area (Å²) in [5.74, 6) is 2.44. The first-order valence-corrected chi connectivity index (χ1v) is 17.8. The summed E-state index contributed by atoms with van der Waals surface area (Å²) in [6.45, 7) is 0. The zero-order valence-electron chi connectivity index (χ0n) is 25.8. The molecule has 0 fully saturated rings. The van der Waals surface area contributed by atoms with Crippen LogP contribution >= 0.6 is 7.14 Å². The SMILES string of the molecule is O=P12c3ccc4ccccc4c3Oc3cc(-c4cc(-c5ccccc5)cc(-c5ccccc5)c4)cc(c31)Oc1c2ccc2ccccc12. The summed E-state index contributed by atoms with van der Waals surface area (Å²) in [4.78, 5) is 0. The smallest absolute Gasteiger partial charge is 0.185 e. The maximum absolute atomic E-state index is 16.0. The van der Waals surface area contributed by atoms with E-state index in [4.69, 9.17) is 9.47 Å². The van der Waals surface area contributed by atoms with Gasteiger partial charge in [-0.2, -0.15) is 0 Å². The molecule has 48 heavy (non-hydrogen) atoms. The lowest BCUT2D eigenvalue weighted by Gasteiger charge is -2.35. The Morgan fingerprint density at radius 3 is 1.25 bits per heavy atom. The van der Waals surface area contributed by atoms with E-state index in [1.54, 1.807) is 0 Å². The minimum absolute atomic E-state index is 0.569. The molecule has 2 heterocycles. The Bertz CT molecular complexity index is 2470. The molecular weight excluding hydrogens is 607 g/mol. The topological polar surface area (TPSA) is 35.5 Å². The predicted molar refractivity (Wildman–Crippen MR) is 197 cm³/mol. The zero-order chi connectivity index (χ0) is 31.8. The number of hydrogen-bond acceptors (Lipinski definition) is 3. The molecule has 0 aromatic heterocycles. The molecule has 2 aliphatic heterocycles. The monoisotopic (exact) mass is 634 g/mol. The molecule has 3 nitrogen and oxygen atoms in total. The van der Waals surface area contributed by atoms with E-state index in [1.165, 1.54) is 0 Å². The molecule has 0 spiro atoms. The Morgan fingerprint density at radius 2 is 0.771 bits per heavy atom. The first kappa shape index (κ1) is 27.2. The van der Waals surface area contributed by atoms with Crippen LogP contribution in [0.15, 0.2) is 164 Å². The van der Waals surface area contributed by atoms with Gasteiger partial charge in [0.25, 0.3) is 0 Å². The highest BCUT2D eigenvalue weighted by molar-refractivity contribution is 7.86. The average molecular weight is 635 g/mol. The first-order valence-electron chi connectivity index (χ1n) is 16.1. The van der Waals surface area contributed by atoms with E-state index in [2.05, 4.69) is 78.9 Å². The third kappa shape index (κ3) is 3.98. The van der Waals surface area contributed by atoms with Gasteiger partial charge < -0.3 is 14.0 Å². The average Bonchev–Trinajstić information content (AvgIpc) is 3.15. The number of benzene rings is 8. The maximum Gasteiger partial charge on any atom is 0.185 e. The van der Waals surface area contributed by atoms with Crippen molar-refractivity contribution < 1.29 is 14.0 Å². The van der Waals surface area contributed by atoms with E-state index in [0.717, 1.165) is 54.9 Å². The molecule has 226 valence electrons. The third-order valence-corrected chi connectivity index (χ3v) is 12.8. The van der Waals surface area contributed by atoms with Crippen LogP contribution in [-0.2, 0) is 4.57 Å². The van der Waals surface area contributed by atoms with Crippen LogP contribution in [0, 0.1) is 0 Å². The van der Waals surface area contributed by atoms with Crippen LogP contribution in [0.4, 0.5) is 0 Å². The van der Waals surface area contributed by atoms with Crippen molar-refractivity contribution in [3.05, 3.63) is 164 Å². The van der Waals surface area contributed by atoms with Crippen molar-refractivity contribution >= 4 is 44.6 Å². The van der Waals surface area contributed by atoms with Gasteiger partial charge in [-0.05, 0) is 86.6 Å². The van der Waals surface area contributed by atoms with Crippen LogP contribution in [0.1, 0.15) is 0 Å². The molecular formula is C44H27O3P. The van der Waals surface area contributed by atoms with Gasteiger partial charge in [-0.15, -0.1) is 0 Å². The van der Waals surface area contributed by atoms with Crippen molar-refractivity contribution in [2.45, 2.75) is 0 Å². The lowest BCUT2D eigenvalue weighted by molar-refractivity contribution is 0.467. The van der Waals surface area contributed by atoms with Crippen LogP contribution in [-0.4, -0.2) is 0 Å². The zero-order valence-corrected chi connectivity index (χ0v) is 26.7. The highest BCUT2D eigenvalue weighted by Crippen LogP contribution is 2.60. The molecule has 0 aliphatic carbocycles. The molecule has 0 bridgehead atoms. The van der Waals surface area contributed by atoms with Gasteiger partial charge in [0.15, 0.2) is 7.14 Å². The molecule has 0 radical (unpaired) electrons. The van der Waals surface area contributed by atoms with Gasteiger partial charge in [0.05, 0.1) is 10.6 Å². The van der Waals surface area contributed by atoms with Gasteiger partial charge in [0.2, 0.25) is 0 Å². The van der Waals surface area contributed by atoms with E-state index >= 15 is 4.57 Å². The fourth-order valence-corrected chi connectivity index (χ4v) is 10.4. The van der Waals surface area contributed by atoms with Crippen molar-refractivity contribution in [2.24, 2.45) is 0 Å². The second-order valence-corrected chi connectivity index (χ2v) is 15.1. The van der Waals surface area contributed by atoms with E-state index in [9.17, 15) is 0 Å². The Kier molecular flexibility index (Phi) is 5.85. The molecule has 0 amide bonds. The molecule has 0 saturated carbocycles. The summed E-state index contributed by atoms with van der Waals surface area (Å²) >= 11 is 0. The summed E-state index contributed by atoms with van der Waals surface area (Å²) < 4.78 is 29.7. The number of rotatable bonds is 3. The van der Waals surface area contributed by atoms with Gasteiger partial charge in [-0.25, -0.2) is 0 Å². The highest BCUT2D eigenvalue weighted by atomic mass is 31.2. The predicted octanol–water partition coefficient (Wildman–Crippen LogP) is 10.8. The lowest BCUT2D eigenvalue weighted by Crippen LogP contribution is -2.35. The number of hydrogen-bond donors (Lipinski definition) is 0. The van der Waals surface area contributed by atoms with Crippen LogP contribution in [0.2, 0.25) is 0 Å². The second-order valence-electron chi connectivity index (χ2n) is 12.4. The summed E-state index contributed by atoms with van der Waals surface area (Å²) in [6, 6.07) is 56.0. The lowest BCUT2D eigenvalue weighted by atomic mass is 9.93. The normalized spacial score (nSPS) is 13.6. The fraction of sp³-hybridized carbons (Fsp3) is 0. The van der Waals surface area contributed by atoms with E-state index in [1.807, 2.05) is 84.9 Å². The largest absolute Gasteiger partial charge is 0.455 e. The Balaban J connectivity index is 1.26. The summed E-state index contributed by atoms with van der Waals surface area (Å²) in [6.07, 6.45) is 0. The number of fused-ring (bicyclic) bond motifs is 8. The van der Waals surface area contributed by atoms with Crippen LogP contribution in [0.25, 0.3) is 54.9 Å². The third-order valence-electron chi connectivity index (χ3n) is 9.66. The van der Waals surface area contributed by atoms with Crippen molar-refractivity contribution in [3.63, 3.8) is 0 Å². The van der Waals surface area contributed by atoms with Crippen LogP contribution in [0.5, 0.6) is 23.0 Å². The molecule has 0 atom stereocenters. The van der Waals surface area contributed by atoms with Gasteiger partial charge >= 0.3 is 0 Å². The van der Waals surface area contributed by atoms with Gasteiger partial charge in [0, 0.05) is 10.8 Å². The van der Waals surface area contributed by atoms with E-state index < -0.39 is 7.14 Å². The standard InChI is InChI=1S/C44H27O3P/c45-48-40-21-19-30-15-7-9-17-36(30)42(40)46-38-26-35(27-39(44(38)48)47-43-37-18-10-8-16-31(37)20-22-41(43)48)34-24-32(28-11-3-1-4-12-28)23-33(25-34)29-13-5-2-6-14-29/h1-27H. The van der Waals surface area contributed by atoms with Crippen molar-refractivity contribution in [3.8, 4) is 56.4 Å². The molecule has 0 saturated heterocycles. The molecule has 8 aromatic rings. The Labute approximate surface area is 278 Å². The first-order chi connectivity index (χ1) is 23.6. The van der Waals surface area contributed by atoms with Crippen LogP contribution in [0.3, 0.4) is 0 Å². The molecule has 0 N–H and O–H groups in total. The fourth-order valence-electron chi connectivity index (χ4n) is 7.37. The second kappa shape index (κ2) is 10.3. The van der Waals surface area contributed by atoms with E-state index in [0.29, 0.717) is 38.9 Å². The quantitative estimate of drug-likeness (QED) is 0.181. The van der Waals surface area contributed by atoms with Crippen molar-refractivity contribution in [1.82, 2.24) is 0 Å². The Hall–Kier alpha value is -5.89. The Morgan fingerprint density at radius 1 is 0.375 bits per heavy atom. The summed E-state index contributed by atoms with van der Waals surface area (Å²) in [5.41, 5.74) is 6.43. The van der Waals surface area contributed by atoms with Crippen molar-refractivity contribution in [2.75, 3.05) is 0 Å². The number of ether oxygens (including phenoxy) is 2. The van der Waals surface area contributed by atoms with Gasteiger partial charge in [-0.3, -0.25) is 0 Å². The van der Waals surface area contributed by atoms with E-state index in [-0.39, 0.29) is 0 Å². The minimum atomic E-state index is -3.40.